The maximum atomic E-state index is 11.5. The average Bonchev–Trinajstić information content (AvgIpc) is 2.01. The maximum Gasteiger partial charge on any atom is 0.221 e. The van der Waals surface area contributed by atoms with E-state index in [9.17, 15) is 4.79 Å². The van der Waals surface area contributed by atoms with Crippen LogP contribution < -0.4 is 11.1 Å². The molecule has 0 fully saturated rings. The first kappa shape index (κ1) is 14.4. The van der Waals surface area contributed by atoms with Crippen molar-refractivity contribution in [1.29, 1.82) is 0 Å². The van der Waals surface area contributed by atoms with Gasteiger partial charge in [0.1, 0.15) is 0 Å². The smallest absolute Gasteiger partial charge is 0.221 e. The third-order valence-electron chi connectivity index (χ3n) is 2.40. The zero-order valence-corrected chi connectivity index (χ0v) is 10.6. The summed E-state index contributed by atoms with van der Waals surface area (Å²) in [5.41, 5.74) is 5.90. The van der Waals surface area contributed by atoms with E-state index in [4.69, 9.17) is 5.73 Å². The van der Waals surface area contributed by atoms with Crippen molar-refractivity contribution in [2.24, 2.45) is 11.1 Å². The van der Waals surface area contributed by atoms with Gasteiger partial charge in [-0.05, 0) is 19.5 Å². The average molecular weight is 215 g/mol. The van der Waals surface area contributed by atoms with Gasteiger partial charge in [0.2, 0.25) is 5.91 Å². The topological polar surface area (TPSA) is 58.4 Å². The van der Waals surface area contributed by atoms with Gasteiger partial charge in [0.05, 0.1) is 0 Å². The van der Waals surface area contributed by atoms with Crippen LogP contribution >= 0.6 is 0 Å². The van der Waals surface area contributed by atoms with Crippen LogP contribution in [0.3, 0.4) is 0 Å². The Morgan fingerprint density at radius 3 is 2.33 bits per heavy atom. The molecule has 0 aromatic heterocycles. The number of likely N-dealkylation sites (N-methyl/N-ethyl adjacent to an activating group) is 1. The number of carbonyl (C=O) groups excluding carboxylic acids is 1. The highest BCUT2D eigenvalue weighted by Crippen LogP contribution is 2.19. The van der Waals surface area contributed by atoms with Crippen molar-refractivity contribution < 1.29 is 4.79 Å². The molecule has 0 heterocycles. The lowest BCUT2D eigenvalue weighted by Crippen LogP contribution is -2.41. The Kier molecular flexibility index (Phi) is 5.83. The molecule has 1 amide bonds. The fourth-order valence-electron chi connectivity index (χ4n) is 0.997. The summed E-state index contributed by atoms with van der Waals surface area (Å²) in [5.74, 6) is 0.0410. The molecule has 15 heavy (non-hydrogen) atoms. The Bertz CT molecular complexity index is 196. The number of nitrogens with two attached hydrogens (primary N) is 1. The van der Waals surface area contributed by atoms with Gasteiger partial charge >= 0.3 is 0 Å². The minimum absolute atomic E-state index is 0.0150. The highest BCUT2D eigenvalue weighted by atomic mass is 16.1. The third kappa shape index (κ3) is 7.33. The Balaban J connectivity index is 3.75. The minimum Gasteiger partial charge on any atom is -0.355 e. The molecule has 0 aromatic rings. The predicted octanol–water partition coefficient (Wildman–Crippen LogP) is 0.428. The first-order chi connectivity index (χ1) is 6.73. The molecule has 0 spiro atoms. The minimum atomic E-state index is -0.0862. The van der Waals surface area contributed by atoms with Crippen LogP contribution in [0.1, 0.15) is 27.2 Å². The molecule has 90 valence electrons. The second kappa shape index (κ2) is 6.08. The van der Waals surface area contributed by atoms with Gasteiger partial charge in [-0.3, -0.25) is 4.79 Å². The van der Waals surface area contributed by atoms with Crippen molar-refractivity contribution in [3.05, 3.63) is 0 Å². The summed E-state index contributed by atoms with van der Waals surface area (Å²) in [4.78, 5) is 13.5. The van der Waals surface area contributed by atoms with Crippen molar-refractivity contribution in [3.8, 4) is 0 Å². The third-order valence-corrected chi connectivity index (χ3v) is 2.40. The number of nitrogens with zero attached hydrogens (tertiary/aromatic N) is 1. The lowest BCUT2D eigenvalue weighted by molar-refractivity contribution is -0.121. The number of amides is 1. The Hall–Kier alpha value is -0.610. The summed E-state index contributed by atoms with van der Waals surface area (Å²) < 4.78 is 0. The number of carbonyl (C=O) groups is 1. The summed E-state index contributed by atoms with van der Waals surface area (Å²) in [5, 5.41) is 2.86. The molecular weight excluding hydrogens is 190 g/mol. The molecule has 0 aliphatic carbocycles. The molecular formula is C11H25N3O. The Labute approximate surface area is 93.2 Å². The Morgan fingerprint density at radius 2 is 1.93 bits per heavy atom. The summed E-state index contributed by atoms with van der Waals surface area (Å²) in [6, 6.07) is -0.0862. The summed E-state index contributed by atoms with van der Waals surface area (Å²) in [7, 11) is 3.96. The van der Waals surface area contributed by atoms with Crippen LogP contribution in [0.4, 0.5) is 0 Å². The maximum absolute atomic E-state index is 11.5. The van der Waals surface area contributed by atoms with Gasteiger partial charge in [-0.2, -0.15) is 0 Å². The van der Waals surface area contributed by atoms with E-state index in [0.717, 1.165) is 6.54 Å². The first-order valence-electron chi connectivity index (χ1n) is 5.40. The van der Waals surface area contributed by atoms with E-state index in [0.29, 0.717) is 13.0 Å². The van der Waals surface area contributed by atoms with Crippen LogP contribution in [0.15, 0.2) is 0 Å². The van der Waals surface area contributed by atoms with Gasteiger partial charge in [-0.15, -0.1) is 0 Å². The largest absolute Gasteiger partial charge is 0.355 e. The van der Waals surface area contributed by atoms with E-state index in [1.54, 1.807) is 0 Å². The second-order valence-corrected chi connectivity index (χ2v) is 5.33. The van der Waals surface area contributed by atoms with Crippen LogP contribution in [0.25, 0.3) is 0 Å². The number of hydrogen-bond donors (Lipinski definition) is 2. The van der Waals surface area contributed by atoms with E-state index in [1.807, 2.05) is 39.8 Å². The monoisotopic (exact) mass is 215 g/mol. The van der Waals surface area contributed by atoms with Gasteiger partial charge in [-0.25, -0.2) is 0 Å². The highest BCUT2D eigenvalue weighted by molar-refractivity contribution is 5.76. The van der Waals surface area contributed by atoms with Crippen LogP contribution in [-0.2, 0) is 4.79 Å². The highest BCUT2D eigenvalue weighted by Gasteiger charge is 2.22. The fraction of sp³-hybridized carbons (Fsp3) is 0.909. The number of hydrogen-bond acceptors (Lipinski definition) is 3. The summed E-state index contributed by atoms with van der Waals surface area (Å²) in [6.45, 7) is 7.68. The van der Waals surface area contributed by atoms with Crippen molar-refractivity contribution in [2.75, 3.05) is 27.2 Å². The molecule has 0 radical (unpaired) electrons. The van der Waals surface area contributed by atoms with Crippen LogP contribution in [0.5, 0.6) is 0 Å². The molecule has 0 aliphatic rings. The molecule has 4 heteroatoms. The zero-order valence-electron chi connectivity index (χ0n) is 10.6. The fourth-order valence-corrected chi connectivity index (χ4v) is 0.997. The molecule has 0 bridgehead atoms. The van der Waals surface area contributed by atoms with Gasteiger partial charge in [0.15, 0.2) is 0 Å². The van der Waals surface area contributed by atoms with E-state index in [1.165, 1.54) is 0 Å². The zero-order chi connectivity index (χ0) is 12.1. The quantitative estimate of drug-likeness (QED) is 0.699. The molecule has 0 rings (SSSR count). The normalized spacial score (nSPS) is 14.1. The van der Waals surface area contributed by atoms with E-state index >= 15 is 0 Å². The predicted molar refractivity (Wildman–Crippen MR) is 63.6 cm³/mol. The van der Waals surface area contributed by atoms with Crippen LogP contribution in [0.2, 0.25) is 0 Å². The van der Waals surface area contributed by atoms with Gasteiger partial charge in [0.25, 0.3) is 0 Å². The number of nitrogens with one attached hydrogen (secondary N) is 1. The van der Waals surface area contributed by atoms with E-state index < -0.39 is 0 Å². The van der Waals surface area contributed by atoms with Gasteiger partial charge in [0, 0.05) is 25.6 Å². The van der Waals surface area contributed by atoms with Crippen molar-refractivity contribution in [1.82, 2.24) is 10.2 Å². The molecule has 0 aromatic carbocycles. The van der Waals surface area contributed by atoms with Gasteiger partial charge in [-0.1, -0.05) is 20.8 Å². The van der Waals surface area contributed by atoms with Crippen molar-refractivity contribution >= 4 is 5.91 Å². The lowest BCUT2D eigenvalue weighted by atomic mass is 9.85. The van der Waals surface area contributed by atoms with E-state index in [2.05, 4.69) is 5.32 Å². The molecule has 4 nitrogen and oxygen atoms in total. The van der Waals surface area contributed by atoms with Crippen LogP contribution in [0, 0.1) is 5.41 Å². The molecule has 0 saturated heterocycles. The SMILES string of the molecule is CN(C)CCNC(=O)CC(N)C(C)(C)C. The molecule has 1 unspecified atom stereocenters. The summed E-state index contributed by atoms with van der Waals surface area (Å²) in [6.07, 6.45) is 0.400. The molecule has 0 saturated carbocycles. The molecule has 0 aliphatic heterocycles. The van der Waals surface area contributed by atoms with E-state index in [-0.39, 0.29) is 17.4 Å². The molecule has 1 atom stereocenters. The summed E-state index contributed by atoms with van der Waals surface area (Å²) >= 11 is 0. The van der Waals surface area contributed by atoms with Crippen molar-refractivity contribution in [2.45, 2.75) is 33.2 Å². The first-order valence-corrected chi connectivity index (χ1v) is 5.40. The lowest BCUT2D eigenvalue weighted by Gasteiger charge is -2.26. The van der Waals surface area contributed by atoms with Crippen LogP contribution in [-0.4, -0.2) is 44.0 Å². The number of rotatable bonds is 5. The second-order valence-electron chi connectivity index (χ2n) is 5.33. The standard InChI is InChI=1S/C11H25N3O/c1-11(2,3)9(12)8-10(15)13-6-7-14(4)5/h9H,6-8,12H2,1-5H3,(H,13,15). The molecule has 3 N–H and O–H groups in total. The van der Waals surface area contributed by atoms with Gasteiger partial charge < -0.3 is 16.0 Å². The van der Waals surface area contributed by atoms with Crippen molar-refractivity contribution in [3.63, 3.8) is 0 Å². The Morgan fingerprint density at radius 1 is 1.40 bits per heavy atom.